The third-order valence-electron chi connectivity index (χ3n) is 4.36. The van der Waals surface area contributed by atoms with Crippen LogP contribution in [0.25, 0.3) is 35.2 Å². The molecule has 2 N–H and O–H groups in total. The third-order valence-corrected chi connectivity index (χ3v) is 4.36. The second kappa shape index (κ2) is 7.72. The van der Waals surface area contributed by atoms with Crippen molar-refractivity contribution < 1.29 is 9.90 Å². The molecule has 0 saturated heterocycles. The molecule has 28 heavy (non-hydrogen) atoms. The molecule has 0 spiro atoms. The van der Waals surface area contributed by atoms with Crippen molar-refractivity contribution in [3.63, 3.8) is 0 Å². The summed E-state index contributed by atoms with van der Waals surface area (Å²) >= 11 is 0. The first-order valence-corrected chi connectivity index (χ1v) is 8.77. The van der Waals surface area contributed by atoms with E-state index in [1.807, 2.05) is 48.6 Å². The van der Waals surface area contributed by atoms with Crippen LogP contribution < -0.4 is 0 Å². The van der Waals surface area contributed by atoms with Gasteiger partial charge in [-0.25, -0.2) is 4.79 Å². The van der Waals surface area contributed by atoms with Crippen molar-refractivity contribution >= 4 is 41.2 Å². The Morgan fingerprint density at radius 1 is 0.893 bits per heavy atom. The number of aromatic amines is 1. The molecule has 2 heterocycles. The number of fused-ring (bicyclic) bond motifs is 1. The van der Waals surface area contributed by atoms with Crippen LogP contribution in [0.15, 0.2) is 67.0 Å². The number of pyridine rings is 1. The van der Waals surface area contributed by atoms with Gasteiger partial charge < -0.3 is 5.11 Å². The van der Waals surface area contributed by atoms with E-state index in [1.165, 1.54) is 0 Å². The predicted molar refractivity (Wildman–Crippen MR) is 112 cm³/mol. The molecule has 0 amide bonds. The first-order valence-electron chi connectivity index (χ1n) is 8.77. The summed E-state index contributed by atoms with van der Waals surface area (Å²) in [7, 11) is 0. The molecule has 2 aromatic carbocycles. The summed E-state index contributed by atoms with van der Waals surface area (Å²) in [5.74, 6) is -0.923. The lowest BCUT2D eigenvalue weighted by Crippen LogP contribution is -1.94. The van der Waals surface area contributed by atoms with Gasteiger partial charge in [0.25, 0.3) is 0 Å². The van der Waals surface area contributed by atoms with Crippen molar-refractivity contribution in [3.8, 4) is 0 Å². The molecule has 0 aliphatic rings. The largest absolute Gasteiger partial charge is 0.478 e. The minimum absolute atomic E-state index is 0.280. The molecule has 4 rings (SSSR count). The number of hydrogen-bond acceptors (Lipinski definition) is 3. The van der Waals surface area contributed by atoms with E-state index in [0.29, 0.717) is 0 Å². The number of carboxylic acids is 1. The minimum atomic E-state index is -0.923. The van der Waals surface area contributed by atoms with Crippen LogP contribution >= 0.6 is 0 Å². The number of aromatic carboxylic acids is 1. The van der Waals surface area contributed by atoms with Crippen molar-refractivity contribution in [2.45, 2.75) is 0 Å². The van der Waals surface area contributed by atoms with Gasteiger partial charge in [-0.1, -0.05) is 42.5 Å². The summed E-state index contributed by atoms with van der Waals surface area (Å²) < 4.78 is 0. The molecule has 5 nitrogen and oxygen atoms in total. The average molecular weight is 367 g/mol. The SMILES string of the molecule is O=C(O)c1ccc(/C=C/c2ccc3[nH]nc(/C=C/c4cccnc4)c3c2)cc1. The maximum Gasteiger partial charge on any atom is 0.335 e. The maximum absolute atomic E-state index is 10.9. The van der Waals surface area contributed by atoms with E-state index in [-0.39, 0.29) is 5.56 Å². The lowest BCUT2D eigenvalue weighted by atomic mass is 10.1. The Morgan fingerprint density at radius 3 is 2.39 bits per heavy atom. The van der Waals surface area contributed by atoms with Crippen molar-refractivity contribution in [2.24, 2.45) is 0 Å². The smallest absolute Gasteiger partial charge is 0.335 e. The highest BCUT2D eigenvalue weighted by Crippen LogP contribution is 2.21. The van der Waals surface area contributed by atoms with E-state index in [2.05, 4.69) is 21.2 Å². The zero-order chi connectivity index (χ0) is 19.3. The summed E-state index contributed by atoms with van der Waals surface area (Å²) in [5.41, 5.74) is 5.09. The molecule has 0 aliphatic heterocycles. The lowest BCUT2D eigenvalue weighted by molar-refractivity contribution is 0.0697. The van der Waals surface area contributed by atoms with Crippen molar-refractivity contribution in [1.29, 1.82) is 0 Å². The van der Waals surface area contributed by atoms with Crippen LogP contribution in [0.2, 0.25) is 0 Å². The molecule has 5 heteroatoms. The topological polar surface area (TPSA) is 78.9 Å². The van der Waals surface area contributed by atoms with Crippen LogP contribution in [0.4, 0.5) is 0 Å². The molecule has 0 aliphatic carbocycles. The van der Waals surface area contributed by atoms with Crippen molar-refractivity contribution in [1.82, 2.24) is 15.2 Å². The Hall–Kier alpha value is -3.99. The first kappa shape index (κ1) is 17.4. The highest BCUT2D eigenvalue weighted by atomic mass is 16.4. The molecule has 2 aromatic heterocycles. The Bertz CT molecular complexity index is 1170. The van der Waals surface area contributed by atoms with Crippen LogP contribution in [-0.2, 0) is 0 Å². The molecule has 0 fully saturated rings. The van der Waals surface area contributed by atoms with Gasteiger partial charge in [0.05, 0.1) is 16.8 Å². The van der Waals surface area contributed by atoms with Gasteiger partial charge in [-0.3, -0.25) is 10.1 Å². The van der Waals surface area contributed by atoms with Gasteiger partial charge in [0, 0.05) is 17.8 Å². The van der Waals surface area contributed by atoms with Crippen molar-refractivity contribution in [2.75, 3.05) is 0 Å². The Labute approximate surface area is 161 Å². The van der Waals surface area contributed by atoms with Gasteiger partial charge in [-0.15, -0.1) is 0 Å². The van der Waals surface area contributed by atoms with Gasteiger partial charge >= 0.3 is 5.97 Å². The normalized spacial score (nSPS) is 11.6. The van der Waals surface area contributed by atoms with Gasteiger partial charge in [-0.05, 0) is 53.1 Å². The molecular weight excluding hydrogens is 350 g/mol. The van der Waals surface area contributed by atoms with Gasteiger partial charge in [-0.2, -0.15) is 5.10 Å². The summed E-state index contributed by atoms with van der Waals surface area (Å²) in [6.45, 7) is 0. The summed E-state index contributed by atoms with van der Waals surface area (Å²) in [6.07, 6.45) is 11.4. The second-order valence-electron chi connectivity index (χ2n) is 6.29. The zero-order valence-electron chi connectivity index (χ0n) is 14.9. The van der Waals surface area contributed by atoms with E-state index in [1.54, 1.807) is 36.7 Å². The molecule has 0 bridgehead atoms. The fourth-order valence-electron chi connectivity index (χ4n) is 2.86. The third kappa shape index (κ3) is 3.88. The van der Waals surface area contributed by atoms with E-state index in [9.17, 15) is 4.79 Å². The number of nitrogens with one attached hydrogen (secondary N) is 1. The number of H-pyrrole nitrogens is 1. The van der Waals surface area contributed by atoms with Crippen LogP contribution in [0.1, 0.15) is 32.7 Å². The molecular formula is C23H17N3O2. The number of aromatic nitrogens is 3. The van der Waals surface area contributed by atoms with E-state index in [0.717, 1.165) is 33.3 Å². The van der Waals surface area contributed by atoms with Crippen LogP contribution in [-0.4, -0.2) is 26.3 Å². The summed E-state index contributed by atoms with van der Waals surface area (Å²) in [5, 5.41) is 17.4. The first-order chi connectivity index (χ1) is 13.7. The standard InChI is InChI=1S/C23H17N3O2/c27-23(28)19-9-5-16(6-10-19)3-4-17-7-11-21-20(14-17)22(26-25-21)12-8-18-2-1-13-24-15-18/h1-15H,(H,25,26)(H,27,28)/b4-3+,12-8+. The van der Waals surface area contributed by atoms with Crippen LogP contribution in [0.3, 0.4) is 0 Å². The summed E-state index contributed by atoms with van der Waals surface area (Å²) in [4.78, 5) is 15.0. The molecule has 136 valence electrons. The number of nitrogens with zero attached hydrogens (tertiary/aromatic N) is 2. The average Bonchev–Trinajstić information content (AvgIpc) is 3.14. The van der Waals surface area contributed by atoms with Crippen LogP contribution in [0, 0.1) is 0 Å². The quantitative estimate of drug-likeness (QED) is 0.487. The van der Waals surface area contributed by atoms with Gasteiger partial charge in [0.15, 0.2) is 0 Å². The number of benzene rings is 2. The molecule has 0 saturated carbocycles. The fraction of sp³-hybridized carbons (Fsp3) is 0. The monoisotopic (exact) mass is 367 g/mol. The van der Waals surface area contributed by atoms with Crippen LogP contribution in [0.5, 0.6) is 0 Å². The highest BCUT2D eigenvalue weighted by molar-refractivity contribution is 5.91. The van der Waals surface area contributed by atoms with Gasteiger partial charge in [0.1, 0.15) is 0 Å². The van der Waals surface area contributed by atoms with E-state index < -0.39 is 5.97 Å². The predicted octanol–water partition coefficient (Wildman–Crippen LogP) is 5.00. The number of carboxylic acid groups (broad SMARTS) is 1. The lowest BCUT2D eigenvalue weighted by Gasteiger charge is -1.98. The van der Waals surface area contributed by atoms with E-state index >= 15 is 0 Å². The fourth-order valence-corrected chi connectivity index (χ4v) is 2.86. The zero-order valence-corrected chi connectivity index (χ0v) is 14.9. The Morgan fingerprint density at radius 2 is 1.64 bits per heavy atom. The van der Waals surface area contributed by atoms with Crippen molar-refractivity contribution in [3.05, 3.63) is 94.9 Å². The Kier molecular flexibility index (Phi) is 4.80. The second-order valence-corrected chi connectivity index (χ2v) is 6.29. The number of rotatable bonds is 5. The molecule has 0 unspecified atom stereocenters. The molecule has 4 aromatic rings. The number of carbonyl (C=O) groups is 1. The summed E-state index contributed by atoms with van der Waals surface area (Å²) in [6, 6.07) is 16.7. The molecule has 0 radical (unpaired) electrons. The minimum Gasteiger partial charge on any atom is -0.478 e. The maximum atomic E-state index is 10.9. The molecule has 0 atom stereocenters. The van der Waals surface area contributed by atoms with Gasteiger partial charge in [0.2, 0.25) is 0 Å². The Balaban J connectivity index is 1.58. The number of hydrogen-bond donors (Lipinski definition) is 2. The van der Waals surface area contributed by atoms with E-state index in [4.69, 9.17) is 5.11 Å². The highest BCUT2D eigenvalue weighted by Gasteiger charge is 2.04.